The van der Waals surface area contributed by atoms with Gasteiger partial charge in [0, 0.05) is 16.5 Å². The van der Waals surface area contributed by atoms with E-state index in [0.717, 1.165) is 54.2 Å². The molecule has 20 heavy (non-hydrogen) atoms. The van der Waals surface area contributed by atoms with Gasteiger partial charge in [0.05, 0.1) is 0 Å². The molecule has 0 aliphatic carbocycles. The number of aldehydes is 1. The minimum Gasteiger partial charge on any atom is -0.481 e. The molecule has 0 heterocycles. The highest BCUT2D eigenvalue weighted by molar-refractivity contribution is 9.10. The number of carbonyl (C=O) groups excluding carboxylic acids is 1. The second-order valence-corrected chi connectivity index (χ2v) is 5.58. The van der Waals surface area contributed by atoms with Crippen LogP contribution in [0.1, 0.15) is 41.6 Å². The number of rotatable bonds is 10. The Hall–Kier alpha value is -1.20. The van der Waals surface area contributed by atoms with E-state index in [1.165, 1.54) is 0 Å². The molecule has 5 heteroatoms. The van der Waals surface area contributed by atoms with Gasteiger partial charge in [-0.2, -0.15) is 0 Å². The first-order valence-corrected chi connectivity index (χ1v) is 7.59. The number of hydrogen-bond donors (Lipinski definition) is 2. The molecule has 0 amide bonds. The number of benzene rings is 1. The maximum atomic E-state index is 11.0. The third-order valence-electron chi connectivity index (χ3n) is 3.03. The number of nitrogens with one attached hydrogen (secondary N) is 1. The molecule has 0 atom stereocenters. The SMILES string of the molecule is O=Cc1cc(Br)ccc1CCCNCCCCC(=O)O. The zero-order chi connectivity index (χ0) is 14.8. The van der Waals surface area contributed by atoms with E-state index in [1.54, 1.807) is 0 Å². The summed E-state index contributed by atoms with van der Waals surface area (Å²) in [7, 11) is 0. The number of halogens is 1. The first kappa shape index (κ1) is 16.9. The number of unbranched alkanes of at least 4 members (excludes halogenated alkanes) is 1. The quantitative estimate of drug-likeness (QED) is 0.507. The summed E-state index contributed by atoms with van der Waals surface area (Å²) in [6, 6.07) is 5.75. The van der Waals surface area contributed by atoms with Gasteiger partial charge in [0.2, 0.25) is 0 Å². The fourth-order valence-corrected chi connectivity index (χ4v) is 2.34. The van der Waals surface area contributed by atoms with Crippen molar-refractivity contribution >= 4 is 28.2 Å². The van der Waals surface area contributed by atoms with Crippen LogP contribution in [0.4, 0.5) is 0 Å². The smallest absolute Gasteiger partial charge is 0.303 e. The topological polar surface area (TPSA) is 66.4 Å². The summed E-state index contributed by atoms with van der Waals surface area (Å²) in [5.41, 5.74) is 1.80. The Bertz CT molecular complexity index is 449. The maximum absolute atomic E-state index is 11.0. The summed E-state index contributed by atoms with van der Waals surface area (Å²) in [5.74, 6) is -0.735. The molecule has 0 fully saturated rings. The molecule has 1 aromatic rings. The molecule has 4 nitrogen and oxygen atoms in total. The van der Waals surface area contributed by atoms with E-state index < -0.39 is 5.97 Å². The molecule has 0 saturated carbocycles. The predicted molar refractivity (Wildman–Crippen MR) is 82.2 cm³/mol. The summed E-state index contributed by atoms with van der Waals surface area (Å²) in [6.45, 7) is 1.72. The van der Waals surface area contributed by atoms with E-state index in [0.29, 0.717) is 6.42 Å². The van der Waals surface area contributed by atoms with Crippen molar-refractivity contribution in [2.75, 3.05) is 13.1 Å². The van der Waals surface area contributed by atoms with Crippen molar-refractivity contribution in [3.05, 3.63) is 33.8 Å². The van der Waals surface area contributed by atoms with Crippen molar-refractivity contribution in [3.63, 3.8) is 0 Å². The lowest BCUT2D eigenvalue weighted by Crippen LogP contribution is -2.17. The van der Waals surface area contributed by atoms with Crippen molar-refractivity contribution in [3.8, 4) is 0 Å². The Balaban J connectivity index is 2.15. The molecule has 0 aliphatic heterocycles. The van der Waals surface area contributed by atoms with Crippen molar-refractivity contribution in [1.29, 1.82) is 0 Å². The van der Waals surface area contributed by atoms with Gasteiger partial charge in [-0.25, -0.2) is 0 Å². The van der Waals surface area contributed by atoms with Gasteiger partial charge in [0.15, 0.2) is 0 Å². The normalized spacial score (nSPS) is 10.4. The van der Waals surface area contributed by atoms with Gasteiger partial charge in [0.25, 0.3) is 0 Å². The van der Waals surface area contributed by atoms with Gasteiger partial charge in [-0.1, -0.05) is 22.0 Å². The van der Waals surface area contributed by atoms with Gasteiger partial charge in [-0.05, 0) is 56.5 Å². The summed E-state index contributed by atoms with van der Waals surface area (Å²) in [4.78, 5) is 21.3. The van der Waals surface area contributed by atoms with Crippen LogP contribution < -0.4 is 5.32 Å². The van der Waals surface area contributed by atoms with Gasteiger partial charge in [0.1, 0.15) is 6.29 Å². The van der Waals surface area contributed by atoms with Crippen LogP contribution in [-0.2, 0) is 11.2 Å². The molecular weight excluding hydrogens is 322 g/mol. The Morgan fingerprint density at radius 1 is 1.25 bits per heavy atom. The number of carboxylic acid groups (broad SMARTS) is 1. The fraction of sp³-hybridized carbons (Fsp3) is 0.467. The molecule has 1 rings (SSSR count). The largest absolute Gasteiger partial charge is 0.481 e. The van der Waals surface area contributed by atoms with Crippen molar-refractivity contribution < 1.29 is 14.7 Å². The Morgan fingerprint density at radius 2 is 2.00 bits per heavy atom. The molecule has 0 bridgehead atoms. The number of aliphatic carboxylic acids is 1. The van der Waals surface area contributed by atoms with E-state index >= 15 is 0 Å². The third kappa shape index (κ3) is 6.82. The van der Waals surface area contributed by atoms with Crippen molar-refractivity contribution in [2.45, 2.75) is 32.1 Å². The van der Waals surface area contributed by atoms with E-state index in [4.69, 9.17) is 5.11 Å². The molecule has 0 aromatic heterocycles. The lowest BCUT2D eigenvalue weighted by molar-refractivity contribution is -0.137. The predicted octanol–water partition coefficient (Wildman–Crippen LogP) is 3.04. The summed E-state index contributed by atoms with van der Waals surface area (Å²) in [5, 5.41) is 11.8. The standard InChI is InChI=1S/C15H20BrNO3/c16-14-7-6-12(13(10-14)11-18)4-3-9-17-8-2-1-5-15(19)20/h6-7,10-11,17H,1-5,8-9H2,(H,19,20). The molecule has 1 aromatic carbocycles. The van der Waals surface area contributed by atoms with Crippen LogP contribution in [0.5, 0.6) is 0 Å². The zero-order valence-electron chi connectivity index (χ0n) is 11.4. The molecule has 0 aliphatic rings. The van der Waals surface area contributed by atoms with Gasteiger partial charge in [-0.15, -0.1) is 0 Å². The molecule has 0 unspecified atom stereocenters. The lowest BCUT2D eigenvalue weighted by Gasteiger charge is -2.07. The first-order valence-electron chi connectivity index (χ1n) is 6.79. The summed E-state index contributed by atoms with van der Waals surface area (Å²) in [6.07, 6.45) is 4.54. The number of aryl methyl sites for hydroxylation is 1. The van der Waals surface area contributed by atoms with E-state index in [9.17, 15) is 9.59 Å². The molecule has 0 radical (unpaired) electrons. The third-order valence-corrected chi connectivity index (χ3v) is 3.52. The van der Waals surface area contributed by atoms with Gasteiger partial charge in [-0.3, -0.25) is 9.59 Å². The average molecular weight is 342 g/mol. The van der Waals surface area contributed by atoms with E-state index in [2.05, 4.69) is 21.2 Å². The Morgan fingerprint density at radius 3 is 2.70 bits per heavy atom. The van der Waals surface area contributed by atoms with E-state index in [-0.39, 0.29) is 6.42 Å². The van der Waals surface area contributed by atoms with E-state index in [1.807, 2.05) is 18.2 Å². The fourth-order valence-electron chi connectivity index (χ4n) is 1.96. The van der Waals surface area contributed by atoms with Gasteiger partial charge >= 0.3 is 5.97 Å². The Labute approximate surface area is 127 Å². The average Bonchev–Trinajstić information content (AvgIpc) is 2.42. The zero-order valence-corrected chi connectivity index (χ0v) is 13.0. The monoisotopic (exact) mass is 341 g/mol. The number of carbonyl (C=O) groups is 2. The minimum atomic E-state index is -0.735. The lowest BCUT2D eigenvalue weighted by atomic mass is 10.0. The molecular formula is C15H20BrNO3. The highest BCUT2D eigenvalue weighted by Crippen LogP contribution is 2.16. The second-order valence-electron chi connectivity index (χ2n) is 4.67. The van der Waals surface area contributed by atoms with Crippen LogP contribution in [0.3, 0.4) is 0 Å². The van der Waals surface area contributed by atoms with Crippen LogP contribution in [0.25, 0.3) is 0 Å². The molecule has 0 saturated heterocycles. The Kier molecular flexibility index (Phi) is 8.14. The van der Waals surface area contributed by atoms with Crippen molar-refractivity contribution in [1.82, 2.24) is 5.32 Å². The van der Waals surface area contributed by atoms with Crippen LogP contribution in [0.2, 0.25) is 0 Å². The molecule has 2 N–H and O–H groups in total. The molecule has 0 spiro atoms. The van der Waals surface area contributed by atoms with Crippen LogP contribution >= 0.6 is 15.9 Å². The van der Waals surface area contributed by atoms with Crippen LogP contribution in [0.15, 0.2) is 22.7 Å². The first-order chi connectivity index (χ1) is 9.63. The van der Waals surface area contributed by atoms with Crippen LogP contribution in [-0.4, -0.2) is 30.5 Å². The van der Waals surface area contributed by atoms with Crippen LogP contribution in [0, 0.1) is 0 Å². The van der Waals surface area contributed by atoms with Gasteiger partial charge < -0.3 is 10.4 Å². The highest BCUT2D eigenvalue weighted by atomic mass is 79.9. The number of carboxylic acids is 1. The molecule has 110 valence electrons. The maximum Gasteiger partial charge on any atom is 0.303 e. The summed E-state index contributed by atoms with van der Waals surface area (Å²) >= 11 is 3.35. The highest BCUT2D eigenvalue weighted by Gasteiger charge is 2.02. The second kappa shape index (κ2) is 9.66. The minimum absolute atomic E-state index is 0.239. The number of hydrogen-bond acceptors (Lipinski definition) is 3. The van der Waals surface area contributed by atoms with Crippen molar-refractivity contribution in [2.24, 2.45) is 0 Å². The summed E-state index contributed by atoms with van der Waals surface area (Å²) < 4.78 is 0.917.